The number of fused-ring (bicyclic) bond motifs is 1. The molecule has 0 aliphatic carbocycles. The number of halogens is 1. The van der Waals surface area contributed by atoms with Crippen molar-refractivity contribution in [3.8, 4) is 0 Å². The van der Waals surface area contributed by atoms with Gasteiger partial charge in [-0.2, -0.15) is 0 Å². The molecule has 0 radical (unpaired) electrons. The molecule has 1 aliphatic heterocycles. The zero-order valence-corrected chi connectivity index (χ0v) is 8.41. The summed E-state index contributed by atoms with van der Waals surface area (Å²) in [6, 6.07) is 4.96. The summed E-state index contributed by atoms with van der Waals surface area (Å²) in [4.78, 5) is 22.0. The van der Waals surface area contributed by atoms with E-state index < -0.39 is 11.9 Å². The maximum atomic E-state index is 11.5. The van der Waals surface area contributed by atoms with Gasteiger partial charge in [0.15, 0.2) is 0 Å². The zero-order valence-electron chi connectivity index (χ0n) is 7.66. The highest BCUT2D eigenvalue weighted by Crippen LogP contribution is 2.36. The fourth-order valence-corrected chi connectivity index (χ4v) is 1.85. The molecule has 0 aromatic heterocycles. The van der Waals surface area contributed by atoms with E-state index in [1.807, 2.05) is 0 Å². The Bertz CT molecular complexity index is 444. The standard InChI is InChI=1S/C10H8ClNO3/c11-5-1-2-8-6(3-5)7(4-9(13)14)10(15)12-8/h1-3,7H,4H2,(H,12,15)(H,13,14)/t7-/m1/s1. The Kier molecular flexibility index (Phi) is 2.36. The molecule has 0 spiro atoms. The van der Waals surface area contributed by atoms with Crippen molar-refractivity contribution in [2.24, 2.45) is 0 Å². The SMILES string of the molecule is O=C(O)C[C@H]1C(=O)Nc2ccc(Cl)cc21. The molecule has 1 amide bonds. The van der Waals surface area contributed by atoms with Gasteiger partial charge in [-0.25, -0.2) is 0 Å². The van der Waals surface area contributed by atoms with E-state index in [4.69, 9.17) is 16.7 Å². The summed E-state index contributed by atoms with van der Waals surface area (Å²) in [5, 5.41) is 11.8. The quantitative estimate of drug-likeness (QED) is 0.807. The summed E-state index contributed by atoms with van der Waals surface area (Å²) in [7, 11) is 0. The number of hydrogen-bond acceptors (Lipinski definition) is 2. The minimum Gasteiger partial charge on any atom is -0.481 e. The highest BCUT2D eigenvalue weighted by molar-refractivity contribution is 6.31. The van der Waals surface area contributed by atoms with Crippen LogP contribution in [0.1, 0.15) is 17.9 Å². The Labute approximate surface area is 90.9 Å². The van der Waals surface area contributed by atoms with Crippen molar-refractivity contribution in [1.29, 1.82) is 0 Å². The van der Waals surface area contributed by atoms with Crippen LogP contribution in [0.3, 0.4) is 0 Å². The van der Waals surface area contributed by atoms with E-state index in [9.17, 15) is 9.59 Å². The molecule has 1 heterocycles. The summed E-state index contributed by atoms with van der Waals surface area (Å²) < 4.78 is 0. The summed E-state index contributed by atoms with van der Waals surface area (Å²) in [5.41, 5.74) is 1.31. The number of hydrogen-bond donors (Lipinski definition) is 2. The molecule has 0 fully saturated rings. The fraction of sp³-hybridized carbons (Fsp3) is 0.200. The van der Waals surface area contributed by atoms with Gasteiger partial charge in [-0.1, -0.05) is 11.6 Å². The van der Waals surface area contributed by atoms with Crippen LogP contribution >= 0.6 is 11.6 Å². The third kappa shape index (κ3) is 1.80. The van der Waals surface area contributed by atoms with E-state index >= 15 is 0 Å². The number of nitrogens with one attached hydrogen (secondary N) is 1. The van der Waals surface area contributed by atoms with Gasteiger partial charge in [-0.05, 0) is 23.8 Å². The van der Waals surface area contributed by atoms with E-state index in [1.165, 1.54) is 0 Å². The van der Waals surface area contributed by atoms with Crippen LogP contribution in [0.15, 0.2) is 18.2 Å². The lowest BCUT2D eigenvalue weighted by atomic mass is 9.97. The molecule has 0 saturated carbocycles. The molecular formula is C10H8ClNO3. The van der Waals surface area contributed by atoms with Gasteiger partial charge in [0.05, 0.1) is 12.3 Å². The number of aliphatic carboxylic acids is 1. The van der Waals surface area contributed by atoms with E-state index in [0.29, 0.717) is 16.3 Å². The number of carboxylic acid groups (broad SMARTS) is 1. The molecule has 15 heavy (non-hydrogen) atoms. The normalized spacial score (nSPS) is 18.5. The van der Waals surface area contributed by atoms with Gasteiger partial charge in [-0.15, -0.1) is 0 Å². The lowest BCUT2D eigenvalue weighted by molar-refractivity contribution is -0.138. The second kappa shape index (κ2) is 3.55. The number of carbonyl (C=O) groups excluding carboxylic acids is 1. The molecule has 1 atom stereocenters. The maximum Gasteiger partial charge on any atom is 0.304 e. The molecule has 0 unspecified atom stereocenters. The average molecular weight is 226 g/mol. The average Bonchev–Trinajstić information content (AvgIpc) is 2.43. The van der Waals surface area contributed by atoms with Gasteiger partial charge in [0.1, 0.15) is 0 Å². The maximum absolute atomic E-state index is 11.5. The van der Waals surface area contributed by atoms with E-state index in [1.54, 1.807) is 18.2 Å². The van der Waals surface area contributed by atoms with Crippen molar-refractivity contribution < 1.29 is 14.7 Å². The molecule has 5 heteroatoms. The van der Waals surface area contributed by atoms with Crippen LogP contribution in [0.4, 0.5) is 5.69 Å². The molecule has 0 bridgehead atoms. The molecular weight excluding hydrogens is 218 g/mol. The van der Waals surface area contributed by atoms with Crippen molar-refractivity contribution in [2.75, 3.05) is 5.32 Å². The molecule has 2 rings (SSSR count). The van der Waals surface area contributed by atoms with Gasteiger partial charge in [0.25, 0.3) is 0 Å². The van der Waals surface area contributed by atoms with Gasteiger partial charge in [0.2, 0.25) is 5.91 Å². The molecule has 1 aromatic rings. The second-order valence-electron chi connectivity index (χ2n) is 3.37. The van der Waals surface area contributed by atoms with Crippen LogP contribution < -0.4 is 5.32 Å². The number of carboxylic acids is 1. The topological polar surface area (TPSA) is 66.4 Å². The predicted molar refractivity (Wildman–Crippen MR) is 55.1 cm³/mol. The Balaban J connectivity index is 2.39. The van der Waals surface area contributed by atoms with E-state index in [0.717, 1.165) is 0 Å². The van der Waals surface area contributed by atoms with Crippen molar-refractivity contribution >= 4 is 29.2 Å². The van der Waals surface area contributed by atoms with Gasteiger partial charge >= 0.3 is 5.97 Å². The highest BCUT2D eigenvalue weighted by Gasteiger charge is 2.32. The van der Waals surface area contributed by atoms with Crippen molar-refractivity contribution in [3.05, 3.63) is 28.8 Å². The minimum atomic E-state index is -0.997. The largest absolute Gasteiger partial charge is 0.481 e. The van der Waals surface area contributed by atoms with Crippen LogP contribution in [-0.2, 0) is 9.59 Å². The van der Waals surface area contributed by atoms with Gasteiger partial charge in [0, 0.05) is 10.7 Å². The summed E-state index contributed by atoms with van der Waals surface area (Å²) >= 11 is 5.79. The van der Waals surface area contributed by atoms with Crippen LogP contribution in [0.25, 0.3) is 0 Å². The van der Waals surface area contributed by atoms with Crippen LogP contribution in [-0.4, -0.2) is 17.0 Å². The predicted octanol–water partition coefficient (Wildman–Crippen LogP) is 1.85. The first-order valence-electron chi connectivity index (χ1n) is 4.40. The number of amides is 1. The highest BCUT2D eigenvalue weighted by atomic mass is 35.5. The van der Waals surface area contributed by atoms with Crippen molar-refractivity contribution in [2.45, 2.75) is 12.3 Å². The number of carbonyl (C=O) groups is 2. The Morgan fingerprint density at radius 1 is 1.53 bits per heavy atom. The zero-order chi connectivity index (χ0) is 11.0. The van der Waals surface area contributed by atoms with Crippen molar-refractivity contribution in [3.63, 3.8) is 0 Å². The second-order valence-corrected chi connectivity index (χ2v) is 3.81. The van der Waals surface area contributed by atoms with Crippen LogP contribution in [0.2, 0.25) is 5.02 Å². The fourth-order valence-electron chi connectivity index (χ4n) is 1.67. The molecule has 1 aromatic carbocycles. The van der Waals surface area contributed by atoms with E-state index in [2.05, 4.69) is 5.32 Å². The molecule has 1 aliphatic rings. The molecule has 2 N–H and O–H groups in total. The smallest absolute Gasteiger partial charge is 0.304 e. The third-order valence-electron chi connectivity index (χ3n) is 2.34. The van der Waals surface area contributed by atoms with Gasteiger partial charge < -0.3 is 10.4 Å². The summed E-state index contributed by atoms with van der Waals surface area (Å²) in [5.74, 6) is -1.91. The Morgan fingerprint density at radius 3 is 2.93 bits per heavy atom. The Morgan fingerprint density at radius 2 is 2.27 bits per heavy atom. The summed E-state index contributed by atoms with van der Waals surface area (Å²) in [6.07, 6.45) is -0.209. The Hall–Kier alpha value is -1.55. The monoisotopic (exact) mass is 225 g/mol. The first-order valence-corrected chi connectivity index (χ1v) is 4.78. The van der Waals surface area contributed by atoms with Gasteiger partial charge in [-0.3, -0.25) is 9.59 Å². The van der Waals surface area contributed by atoms with E-state index in [-0.39, 0.29) is 12.3 Å². The molecule has 4 nitrogen and oxygen atoms in total. The third-order valence-corrected chi connectivity index (χ3v) is 2.58. The summed E-state index contributed by atoms with van der Waals surface area (Å²) in [6.45, 7) is 0. The van der Waals surface area contributed by atoms with Crippen LogP contribution in [0, 0.1) is 0 Å². The first-order chi connectivity index (χ1) is 7.08. The van der Waals surface area contributed by atoms with Crippen LogP contribution in [0.5, 0.6) is 0 Å². The first kappa shape index (κ1) is 9.98. The molecule has 0 saturated heterocycles. The lowest BCUT2D eigenvalue weighted by Gasteiger charge is -2.04. The minimum absolute atomic E-state index is 0.209. The lowest BCUT2D eigenvalue weighted by Crippen LogP contribution is -2.15. The number of anilines is 1. The number of benzene rings is 1. The molecule has 78 valence electrons. The number of rotatable bonds is 2. The van der Waals surface area contributed by atoms with Crippen molar-refractivity contribution in [1.82, 2.24) is 0 Å².